The van der Waals surface area contributed by atoms with Gasteiger partial charge in [-0.15, -0.1) is 0 Å². The topological polar surface area (TPSA) is 151 Å². The van der Waals surface area contributed by atoms with Crippen LogP contribution in [0, 0.1) is 5.92 Å². The lowest BCUT2D eigenvalue weighted by molar-refractivity contribution is -0.142. The van der Waals surface area contributed by atoms with Gasteiger partial charge in [0.25, 0.3) is 0 Å². The first-order chi connectivity index (χ1) is 18.6. The van der Waals surface area contributed by atoms with Gasteiger partial charge in [0.15, 0.2) is 0 Å². The molecule has 0 radical (unpaired) electrons. The van der Waals surface area contributed by atoms with Crippen molar-refractivity contribution in [2.75, 3.05) is 12.0 Å². The molecule has 0 bridgehead atoms. The molecule has 9 nitrogen and oxygen atoms in total. The molecule has 2 rings (SSSR count). The summed E-state index contributed by atoms with van der Waals surface area (Å²) in [6, 6.07) is 14.3. The number of carboxylic acid groups (broad SMARTS) is 1. The van der Waals surface area contributed by atoms with E-state index in [0.29, 0.717) is 12.2 Å². The smallest absolute Gasteiger partial charge is 0.326 e. The molecular weight excluding hydrogens is 516 g/mol. The highest BCUT2D eigenvalue weighted by Crippen LogP contribution is 2.09. The SMILES string of the molecule is CSCCC(NC(=O)C(Cc1ccccc1)NC(=O)C(N)CC(C)C)C(=O)NC(Cc1ccccc1)C(=O)O. The first-order valence-electron chi connectivity index (χ1n) is 13.1. The van der Waals surface area contributed by atoms with E-state index in [1.54, 1.807) is 24.3 Å². The van der Waals surface area contributed by atoms with Crippen LogP contribution in [0.3, 0.4) is 0 Å². The first kappa shape index (κ1) is 31.8. The van der Waals surface area contributed by atoms with E-state index in [2.05, 4.69) is 16.0 Å². The van der Waals surface area contributed by atoms with Gasteiger partial charge in [-0.2, -0.15) is 11.8 Å². The summed E-state index contributed by atoms with van der Waals surface area (Å²) in [5.74, 6) is -2.00. The van der Waals surface area contributed by atoms with E-state index in [9.17, 15) is 24.3 Å². The fraction of sp³-hybridized carbons (Fsp3) is 0.448. The first-order valence-corrected chi connectivity index (χ1v) is 14.5. The predicted octanol–water partition coefficient (Wildman–Crippen LogP) is 2.14. The van der Waals surface area contributed by atoms with E-state index >= 15 is 0 Å². The zero-order chi connectivity index (χ0) is 28.8. The van der Waals surface area contributed by atoms with Crippen LogP contribution in [-0.2, 0) is 32.0 Å². The third kappa shape index (κ3) is 11.5. The van der Waals surface area contributed by atoms with Gasteiger partial charge in [-0.1, -0.05) is 74.5 Å². The maximum atomic E-state index is 13.4. The van der Waals surface area contributed by atoms with Crippen molar-refractivity contribution >= 4 is 35.5 Å². The zero-order valence-electron chi connectivity index (χ0n) is 22.8. The monoisotopic (exact) mass is 556 g/mol. The highest BCUT2D eigenvalue weighted by molar-refractivity contribution is 7.98. The number of carboxylic acids is 1. The molecule has 0 aliphatic heterocycles. The minimum Gasteiger partial charge on any atom is -0.480 e. The molecule has 10 heteroatoms. The minimum absolute atomic E-state index is 0.103. The molecule has 4 atom stereocenters. The van der Waals surface area contributed by atoms with Crippen molar-refractivity contribution in [3.05, 3.63) is 71.8 Å². The van der Waals surface area contributed by atoms with Gasteiger partial charge in [0.1, 0.15) is 18.1 Å². The van der Waals surface area contributed by atoms with Crippen LogP contribution < -0.4 is 21.7 Å². The average molecular weight is 557 g/mol. The molecule has 0 fully saturated rings. The molecule has 4 unspecified atom stereocenters. The van der Waals surface area contributed by atoms with Gasteiger partial charge in [-0.25, -0.2) is 4.79 Å². The molecule has 3 amide bonds. The largest absolute Gasteiger partial charge is 0.480 e. The van der Waals surface area contributed by atoms with Crippen LogP contribution in [0.25, 0.3) is 0 Å². The molecular formula is C29H40N4O5S. The Kier molecular flexibility index (Phi) is 13.5. The Balaban J connectivity index is 2.19. The molecule has 0 aliphatic rings. The van der Waals surface area contributed by atoms with Crippen LogP contribution >= 0.6 is 11.8 Å². The molecule has 0 aromatic heterocycles. The number of carbonyl (C=O) groups is 4. The highest BCUT2D eigenvalue weighted by atomic mass is 32.2. The van der Waals surface area contributed by atoms with Gasteiger partial charge in [0.2, 0.25) is 17.7 Å². The van der Waals surface area contributed by atoms with Gasteiger partial charge in [0.05, 0.1) is 6.04 Å². The number of aliphatic carboxylic acids is 1. The Labute approximate surface area is 234 Å². The van der Waals surface area contributed by atoms with Crippen molar-refractivity contribution < 1.29 is 24.3 Å². The second kappa shape index (κ2) is 16.6. The van der Waals surface area contributed by atoms with Gasteiger partial charge < -0.3 is 26.8 Å². The fourth-order valence-corrected chi connectivity index (χ4v) is 4.52. The van der Waals surface area contributed by atoms with Gasteiger partial charge in [0, 0.05) is 12.8 Å². The summed E-state index contributed by atoms with van der Waals surface area (Å²) < 4.78 is 0. The molecule has 212 valence electrons. The quantitative estimate of drug-likeness (QED) is 0.213. The summed E-state index contributed by atoms with van der Waals surface area (Å²) in [5, 5.41) is 17.8. The summed E-state index contributed by atoms with van der Waals surface area (Å²) in [7, 11) is 0. The number of nitrogens with two attached hydrogens (primary N) is 1. The molecule has 6 N–H and O–H groups in total. The van der Waals surface area contributed by atoms with Crippen LogP contribution in [0.15, 0.2) is 60.7 Å². The molecule has 2 aromatic carbocycles. The van der Waals surface area contributed by atoms with Crippen LogP contribution in [0.1, 0.15) is 37.8 Å². The van der Waals surface area contributed by atoms with Crippen LogP contribution in [0.4, 0.5) is 0 Å². The Morgan fingerprint density at radius 2 is 1.23 bits per heavy atom. The molecule has 0 aliphatic carbocycles. The summed E-state index contributed by atoms with van der Waals surface area (Å²) in [6.07, 6.45) is 2.93. The molecule has 0 saturated carbocycles. The lowest BCUT2D eigenvalue weighted by Gasteiger charge is -2.25. The van der Waals surface area contributed by atoms with Crippen molar-refractivity contribution in [1.29, 1.82) is 0 Å². The highest BCUT2D eigenvalue weighted by Gasteiger charge is 2.30. The maximum Gasteiger partial charge on any atom is 0.326 e. The van der Waals surface area contributed by atoms with Crippen LogP contribution in [0.2, 0.25) is 0 Å². The summed E-state index contributed by atoms with van der Waals surface area (Å²) >= 11 is 1.50. The molecule has 0 saturated heterocycles. The molecule has 2 aromatic rings. The summed E-state index contributed by atoms with van der Waals surface area (Å²) in [5.41, 5.74) is 7.65. The van der Waals surface area contributed by atoms with Crippen molar-refractivity contribution in [1.82, 2.24) is 16.0 Å². The predicted molar refractivity (Wildman–Crippen MR) is 154 cm³/mol. The normalized spacial score (nSPS) is 14.1. The van der Waals surface area contributed by atoms with Crippen molar-refractivity contribution in [2.24, 2.45) is 11.7 Å². The Morgan fingerprint density at radius 1 is 0.769 bits per heavy atom. The molecule has 39 heavy (non-hydrogen) atoms. The van der Waals surface area contributed by atoms with Crippen molar-refractivity contribution in [3.63, 3.8) is 0 Å². The third-order valence-electron chi connectivity index (χ3n) is 6.12. The van der Waals surface area contributed by atoms with E-state index in [0.717, 1.165) is 11.1 Å². The minimum atomic E-state index is -1.17. The standard InChI is InChI=1S/C29H40N4O5S/c1-19(2)16-22(30)26(34)32-24(17-20-10-6-4-7-11-20)28(36)31-23(14-15-39-3)27(35)33-25(29(37)38)18-21-12-8-5-9-13-21/h4-13,19,22-25H,14-18,30H2,1-3H3,(H,31,36)(H,32,34)(H,33,35)(H,37,38). The number of rotatable bonds is 16. The molecule has 0 spiro atoms. The Hall–Kier alpha value is -3.37. The third-order valence-corrected chi connectivity index (χ3v) is 6.76. The second-order valence-electron chi connectivity index (χ2n) is 9.92. The van der Waals surface area contributed by atoms with Gasteiger partial charge >= 0.3 is 5.97 Å². The number of hydrogen-bond acceptors (Lipinski definition) is 6. The Morgan fingerprint density at radius 3 is 1.72 bits per heavy atom. The second-order valence-corrected chi connectivity index (χ2v) is 10.9. The number of hydrogen-bond donors (Lipinski definition) is 5. The lowest BCUT2D eigenvalue weighted by atomic mass is 10.0. The van der Waals surface area contributed by atoms with E-state index in [4.69, 9.17) is 5.73 Å². The number of amides is 3. The number of carbonyl (C=O) groups excluding carboxylic acids is 3. The van der Waals surface area contributed by atoms with E-state index < -0.39 is 47.9 Å². The van der Waals surface area contributed by atoms with Gasteiger partial charge in [-0.05, 0) is 41.9 Å². The average Bonchev–Trinajstić information content (AvgIpc) is 2.90. The zero-order valence-corrected chi connectivity index (χ0v) is 23.6. The van der Waals surface area contributed by atoms with E-state index in [1.807, 2.05) is 56.5 Å². The Bertz CT molecular complexity index is 1070. The number of thioether (sulfide) groups is 1. The van der Waals surface area contributed by atoms with Crippen LogP contribution in [-0.4, -0.2) is 65.0 Å². The van der Waals surface area contributed by atoms with E-state index in [1.165, 1.54) is 11.8 Å². The van der Waals surface area contributed by atoms with Gasteiger partial charge in [-0.3, -0.25) is 14.4 Å². The van der Waals surface area contributed by atoms with Crippen molar-refractivity contribution in [3.8, 4) is 0 Å². The molecule has 0 heterocycles. The van der Waals surface area contributed by atoms with Crippen molar-refractivity contribution in [2.45, 2.75) is 63.7 Å². The maximum absolute atomic E-state index is 13.4. The van der Waals surface area contributed by atoms with E-state index in [-0.39, 0.29) is 25.2 Å². The summed E-state index contributed by atoms with van der Waals surface area (Å²) in [6.45, 7) is 3.91. The number of benzene rings is 2. The fourth-order valence-electron chi connectivity index (χ4n) is 4.05. The lowest BCUT2D eigenvalue weighted by Crippen LogP contribution is -2.58. The number of nitrogens with one attached hydrogen (secondary N) is 3. The van der Waals surface area contributed by atoms with Crippen LogP contribution in [0.5, 0.6) is 0 Å². The summed E-state index contributed by atoms with van der Waals surface area (Å²) in [4.78, 5) is 51.4.